The van der Waals surface area contributed by atoms with Gasteiger partial charge in [0.2, 0.25) is 0 Å². The molecule has 96 valence electrons. The number of anilines is 1. The summed E-state index contributed by atoms with van der Waals surface area (Å²) in [6, 6.07) is 6.05. The van der Waals surface area contributed by atoms with Crippen LogP contribution in [0.15, 0.2) is 22.7 Å². The van der Waals surface area contributed by atoms with Crippen LogP contribution < -0.4 is 4.90 Å². The van der Waals surface area contributed by atoms with Gasteiger partial charge in [0.05, 0.1) is 11.8 Å². The molecule has 0 aliphatic carbocycles. The quantitative estimate of drug-likeness (QED) is 0.799. The normalized spacial score (nSPS) is 12.5. The zero-order valence-electron chi connectivity index (χ0n) is 10.9. The molecular weight excluding hydrogens is 278 g/mol. The van der Waals surface area contributed by atoms with E-state index in [2.05, 4.69) is 40.9 Å². The average Bonchev–Trinajstić information content (AvgIpc) is 2.28. The van der Waals surface area contributed by atoms with Crippen molar-refractivity contribution in [3.63, 3.8) is 0 Å². The molecule has 0 bridgehead atoms. The minimum absolute atomic E-state index is 0.411. The largest absolute Gasteiger partial charge is 0.389 e. The van der Waals surface area contributed by atoms with Crippen LogP contribution >= 0.6 is 15.9 Å². The molecule has 1 N–H and O–H groups in total. The minimum atomic E-state index is -0.411. The number of aliphatic hydroxyl groups excluding tert-OH is 1. The van der Waals surface area contributed by atoms with Gasteiger partial charge in [0.15, 0.2) is 0 Å². The molecule has 0 unspecified atom stereocenters. The second-order valence-corrected chi connectivity index (χ2v) is 5.37. The molecule has 0 amide bonds. The Kier molecular flexibility index (Phi) is 6.00. The maximum Gasteiger partial charge on any atom is 0.0762 e. The van der Waals surface area contributed by atoms with Crippen LogP contribution in [0.5, 0.6) is 0 Å². The van der Waals surface area contributed by atoms with E-state index in [0.29, 0.717) is 0 Å². The third-order valence-corrected chi connectivity index (χ3v) is 3.60. The first-order valence-corrected chi connectivity index (χ1v) is 7.04. The average molecular weight is 300 g/mol. The molecular formula is C14H22BrNO. The van der Waals surface area contributed by atoms with Crippen LogP contribution in [-0.4, -0.2) is 18.7 Å². The van der Waals surface area contributed by atoms with Crippen LogP contribution in [0.4, 0.5) is 5.69 Å². The number of rotatable bonds is 6. The number of hydrogen-bond donors (Lipinski definition) is 1. The van der Waals surface area contributed by atoms with Crippen molar-refractivity contribution in [1.82, 2.24) is 0 Å². The molecule has 0 saturated heterocycles. The first-order chi connectivity index (χ1) is 8.06. The zero-order chi connectivity index (χ0) is 12.8. The molecule has 0 aliphatic rings. The van der Waals surface area contributed by atoms with E-state index in [9.17, 15) is 5.11 Å². The minimum Gasteiger partial charge on any atom is -0.389 e. The van der Waals surface area contributed by atoms with Crippen molar-refractivity contribution in [3.05, 3.63) is 28.2 Å². The van der Waals surface area contributed by atoms with Gasteiger partial charge in [0.25, 0.3) is 0 Å². The Hall–Kier alpha value is -0.540. The number of benzene rings is 1. The molecule has 0 heterocycles. The number of unbranched alkanes of at least 4 members (excludes halogenated alkanes) is 2. The fourth-order valence-corrected chi connectivity index (χ4v) is 2.51. The molecule has 0 saturated carbocycles. The summed E-state index contributed by atoms with van der Waals surface area (Å²) >= 11 is 3.57. The molecule has 1 aromatic carbocycles. The van der Waals surface area contributed by atoms with Gasteiger partial charge in [0.1, 0.15) is 0 Å². The fourth-order valence-electron chi connectivity index (χ4n) is 1.81. The molecule has 0 spiro atoms. The van der Waals surface area contributed by atoms with Crippen molar-refractivity contribution in [2.24, 2.45) is 0 Å². The lowest BCUT2D eigenvalue weighted by Gasteiger charge is -2.21. The monoisotopic (exact) mass is 299 g/mol. The first kappa shape index (κ1) is 14.5. The second kappa shape index (κ2) is 7.02. The lowest BCUT2D eigenvalue weighted by Crippen LogP contribution is -2.18. The lowest BCUT2D eigenvalue weighted by molar-refractivity contribution is 0.199. The third kappa shape index (κ3) is 4.32. The highest BCUT2D eigenvalue weighted by atomic mass is 79.9. The van der Waals surface area contributed by atoms with E-state index in [1.807, 2.05) is 12.1 Å². The second-order valence-electron chi connectivity index (χ2n) is 4.52. The molecule has 2 nitrogen and oxygen atoms in total. The summed E-state index contributed by atoms with van der Waals surface area (Å²) in [6.45, 7) is 5.07. The van der Waals surface area contributed by atoms with Gasteiger partial charge >= 0.3 is 0 Å². The van der Waals surface area contributed by atoms with Gasteiger partial charge in [-0.05, 0) is 47.0 Å². The topological polar surface area (TPSA) is 23.5 Å². The van der Waals surface area contributed by atoms with E-state index in [0.717, 1.165) is 16.6 Å². The van der Waals surface area contributed by atoms with Gasteiger partial charge < -0.3 is 10.0 Å². The van der Waals surface area contributed by atoms with E-state index in [4.69, 9.17) is 0 Å². The Morgan fingerprint density at radius 3 is 2.59 bits per heavy atom. The van der Waals surface area contributed by atoms with Crippen molar-refractivity contribution in [2.75, 3.05) is 18.5 Å². The van der Waals surface area contributed by atoms with Gasteiger partial charge in [-0.15, -0.1) is 0 Å². The van der Waals surface area contributed by atoms with E-state index >= 15 is 0 Å². The SMILES string of the molecule is CCCCCN(C)c1ccc([C@H](C)O)cc1Br. The van der Waals surface area contributed by atoms with Crippen LogP contribution in [0.3, 0.4) is 0 Å². The maximum atomic E-state index is 9.52. The third-order valence-electron chi connectivity index (χ3n) is 2.96. The van der Waals surface area contributed by atoms with Crippen molar-refractivity contribution in [2.45, 2.75) is 39.2 Å². The van der Waals surface area contributed by atoms with E-state index in [1.54, 1.807) is 6.92 Å². The van der Waals surface area contributed by atoms with Crippen LogP contribution in [0.1, 0.15) is 44.8 Å². The summed E-state index contributed by atoms with van der Waals surface area (Å²) in [5, 5.41) is 9.52. The van der Waals surface area contributed by atoms with Gasteiger partial charge in [-0.3, -0.25) is 0 Å². The van der Waals surface area contributed by atoms with E-state index in [1.165, 1.54) is 24.9 Å². The Morgan fingerprint density at radius 2 is 2.06 bits per heavy atom. The predicted molar refractivity (Wildman–Crippen MR) is 77.6 cm³/mol. The molecule has 0 aromatic heterocycles. The van der Waals surface area contributed by atoms with Crippen molar-refractivity contribution < 1.29 is 5.11 Å². The highest BCUT2D eigenvalue weighted by Crippen LogP contribution is 2.28. The summed E-state index contributed by atoms with van der Waals surface area (Å²) in [6.07, 6.45) is 3.33. The summed E-state index contributed by atoms with van der Waals surface area (Å²) in [7, 11) is 2.11. The Morgan fingerprint density at radius 1 is 1.35 bits per heavy atom. The van der Waals surface area contributed by atoms with E-state index in [-0.39, 0.29) is 0 Å². The molecule has 1 rings (SSSR count). The standard InChI is InChI=1S/C14H22BrNO/c1-4-5-6-9-16(3)14-8-7-12(11(2)17)10-13(14)15/h7-8,10-11,17H,4-6,9H2,1-3H3/t11-/m0/s1. The predicted octanol–water partition coefficient (Wildman–Crippen LogP) is 4.13. The molecule has 17 heavy (non-hydrogen) atoms. The molecule has 1 atom stereocenters. The number of nitrogens with zero attached hydrogens (tertiary/aromatic N) is 1. The van der Waals surface area contributed by atoms with Crippen LogP contribution in [0, 0.1) is 0 Å². The smallest absolute Gasteiger partial charge is 0.0762 e. The van der Waals surface area contributed by atoms with Gasteiger partial charge in [-0.25, -0.2) is 0 Å². The summed E-state index contributed by atoms with van der Waals surface area (Å²) in [4.78, 5) is 2.26. The van der Waals surface area contributed by atoms with Crippen LogP contribution in [-0.2, 0) is 0 Å². The molecule has 0 radical (unpaired) electrons. The molecule has 0 aliphatic heterocycles. The number of hydrogen-bond acceptors (Lipinski definition) is 2. The van der Waals surface area contributed by atoms with Gasteiger partial charge in [-0.1, -0.05) is 25.8 Å². The Bertz CT molecular complexity index is 352. The zero-order valence-corrected chi connectivity index (χ0v) is 12.5. The highest BCUT2D eigenvalue weighted by molar-refractivity contribution is 9.10. The van der Waals surface area contributed by atoms with Crippen molar-refractivity contribution in [1.29, 1.82) is 0 Å². The lowest BCUT2D eigenvalue weighted by atomic mass is 10.1. The van der Waals surface area contributed by atoms with Crippen LogP contribution in [0.25, 0.3) is 0 Å². The number of aliphatic hydroxyl groups is 1. The summed E-state index contributed by atoms with van der Waals surface area (Å²) < 4.78 is 1.05. The Labute approximate surface area is 113 Å². The van der Waals surface area contributed by atoms with Crippen molar-refractivity contribution in [3.8, 4) is 0 Å². The van der Waals surface area contributed by atoms with Crippen molar-refractivity contribution >= 4 is 21.6 Å². The Balaban J connectivity index is 2.70. The van der Waals surface area contributed by atoms with Gasteiger partial charge in [-0.2, -0.15) is 0 Å². The highest BCUT2D eigenvalue weighted by Gasteiger charge is 2.08. The maximum absolute atomic E-state index is 9.52. The summed E-state index contributed by atoms with van der Waals surface area (Å²) in [5.74, 6) is 0. The first-order valence-electron chi connectivity index (χ1n) is 6.25. The fraction of sp³-hybridized carbons (Fsp3) is 0.571. The summed E-state index contributed by atoms with van der Waals surface area (Å²) in [5.41, 5.74) is 2.13. The van der Waals surface area contributed by atoms with E-state index < -0.39 is 6.10 Å². The van der Waals surface area contributed by atoms with Gasteiger partial charge in [0, 0.05) is 18.1 Å². The molecule has 1 aromatic rings. The molecule has 0 fully saturated rings. The van der Waals surface area contributed by atoms with Crippen LogP contribution in [0.2, 0.25) is 0 Å². The molecule has 3 heteroatoms. The number of halogens is 1.